The molecule has 0 bridgehead atoms. The van der Waals surface area contributed by atoms with E-state index in [0.717, 1.165) is 31.6 Å². The first-order chi connectivity index (χ1) is 17.3. The lowest BCUT2D eigenvalue weighted by Gasteiger charge is -2.40. The number of hydrogen-bond acceptors (Lipinski definition) is 4. The van der Waals surface area contributed by atoms with Gasteiger partial charge in [0.2, 0.25) is 0 Å². The molecule has 0 spiro atoms. The van der Waals surface area contributed by atoms with Gasteiger partial charge in [-0.15, -0.1) is 0 Å². The molecule has 1 saturated heterocycles. The summed E-state index contributed by atoms with van der Waals surface area (Å²) in [5, 5.41) is 10.1. The van der Waals surface area contributed by atoms with Crippen LogP contribution in [0.2, 0.25) is 5.02 Å². The fourth-order valence-electron chi connectivity index (χ4n) is 5.31. The van der Waals surface area contributed by atoms with Gasteiger partial charge >= 0.3 is 5.97 Å². The van der Waals surface area contributed by atoms with E-state index in [0.29, 0.717) is 47.3 Å². The summed E-state index contributed by atoms with van der Waals surface area (Å²) in [5.41, 5.74) is 5.06. The Kier molecular flexibility index (Phi) is 6.88. The van der Waals surface area contributed by atoms with Gasteiger partial charge in [-0.05, 0) is 48.7 Å². The van der Waals surface area contributed by atoms with Crippen LogP contribution in [0.4, 0.5) is 0 Å². The number of carbonyl (C=O) groups is 2. The molecule has 2 aromatic carbocycles. The lowest BCUT2D eigenvalue weighted by atomic mass is 9.92. The van der Waals surface area contributed by atoms with Crippen LogP contribution in [0.5, 0.6) is 0 Å². The summed E-state index contributed by atoms with van der Waals surface area (Å²) in [7, 11) is 1.81. The van der Waals surface area contributed by atoms with E-state index in [1.54, 1.807) is 31.2 Å². The molecule has 1 aromatic heterocycles. The van der Waals surface area contributed by atoms with Gasteiger partial charge in [0, 0.05) is 66.8 Å². The summed E-state index contributed by atoms with van der Waals surface area (Å²) in [4.78, 5) is 30.3. The highest BCUT2D eigenvalue weighted by Crippen LogP contribution is 2.33. The number of aromatic nitrogens is 1. The zero-order chi connectivity index (χ0) is 25.4. The molecule has 1 atom stereocenters. The summed E-state index contributed by atoms with van der Waals surface area (Å²) < 4.78 is 7.33. The summed E-state index contributed by atoms with van der Waals surface area (Å²) in [6.07, 6.45) is 0.786. The Bertz CT molecular complexity index is 1310. The maximum Gasteiger partial charge on any atom is 0.337 e. The minimum Gasteiger partial charge on any atom is -0.478 e. The van der Waals surface area contributed by atoms with E-state index >= 15 is 0 Å². The van der Waals surface area contributed by atoms with Gasteiger partial charge in [-0.25, -0.2) is 4.79 Å². The Labute approximate surface area is 215 Å². The van der Waals surface area contributed by atoms with Crippen molar-refractivity contribution in [3.63, 3.8) is 0 Å². The van der Waals surface area contributed by atoms with E-state index in [-0.39, 0.29) is 17.5 Å². The fourth-order valence-corrected chi connectivity index (χ4v) is 5.49. The van der Waals surface area contributed by atoms with Gasteiger partial charge in [-0.1, -0.05) is 35.9 Å². The molecule has 3 heterocycles. The monoisotopic (exact) mass is 507 g/mol. The number of aromatic carboxylic acids is 1. The molecule has 0 radical (unpaired) electrons. The van der Waals surface area contributed by atoms with Crippen molar-refractivity contribution in [2.75, 3.05) is 32.8 Å². The van der Waals surface area contributed by atoms with Crippen molar-refractivity contribution < 1.29 is 19.4 Å². The molecule has 188 valence electrons. The molecule has 1 unspecified atom stereocenters. The molecule has 3 aromatic rings. The van der Waals surface area contributed by atoms with Gasteiger partial charge in [0.1, 0.15) is 0 Å². The molecular weight excluding hydrogens is 478 g/mol. The van der Waals surface area contributed by atoms with Crippen LogP contribution in [-0.4, -0.2) is 70.2 Å². The molecular formula is C28H30ClN3O4. The number of halogens is 1. The smallest absolute Gasteiger partial charge is 0.337 e. The topological polar surface area (TPSA) is 75.0 Å². The molecule has 1 amide bonds. The maximum atomic E-state index is 14.2. The van der Waals surface area contributed by atoms with Gasteiger partial charge in [-0.2, -0.15) is 0 Å². The minimum absolute atomic E-state index is 0.0127. The predicted octanol–water partition coefficient (Wildman–Crippen LogP) is 4.25. The molecule has 7 nitrogen and oxygen atoms in total. The number of carboxylic acid groups (broad SMARTS) is 1. The van der Waals surface area contributed by atoms with E-state index < -0.39 is 5.97 Å². The quantitative estimate of drug-likeness (QED) is 0.559. The summed E-state index contributed by atoms with van der Waals surface area (Å²) in [6, 6.07) is 15.2. The first-order valence-corrected chi connectivity index (χ1v) is 12.6. The van der Waals surface area contributed by atoms with E-state index in [2.05, 4.69) is 23.1 Å². The van der Waals surface area contributed by atoms with Crippen molar-refractivity contribution in [2.45, 2.75) is 25.9 Å². The Hall–Kier alpha value is -3.13. The van der Waals surface area contributed by atoms with Crippen molar-refractivity contribution in [1.82, 2.24) is 14.4 Å². The third-order valence-electron chi connectivity index (χ3n) is 7.44. The number of morpholine rings is 1. The molecule has 2 aliphatic rings. The molecule has 1 N–H and O–H groups in total. The molecule has 36 heavy (non-hydrogen) atoms. The number of fused-ring (bicyclic) bond motifs is 1. The number of benzene rings is 2. The van der Waals surface area contributed by atoms with E-state index in [1.165, 1.54) is 5.56 Å². The third kappa shape index (κ3) is 4.66. The largest absolute Gasteiger partial charge is 0.478 e. The van der Waals surface area contributed by atoms with Gasteiger partial charge in [-0.3, -0.25) is 9.69 Å². The number of ether oxygens (including phenoxy) is 1. The van der Waals surface area contributed by atoms with Crippen LogP contribution in [0, 0.1) is 6.92 Å². The summed E-state index contributed by atoms with van der Waals surface area (Å²) in [5.74, 6) is -1.08. The van der Waals surface area contributed by atoms with E-state index in [9.17, 15) is 14.7 Å². The van der Waals surface area contributed by atoms with Crippen molar-refractivity contribution >= 4 is 23.5 Å². The second kappa shape index (κ2) is 10.1. The number of carboxylic acids is 1. The average Bonchev–Trinajstić information content (AvgIpc) is 3.18. The minimum atomic E-state index is -0.998. The Morgan fingerprint density at radius 3 is 2.47 bits per heavy atom. The predicted molar refractivity (Wildman–Crippen MR) is 139 cm³/mol. The summed E-state index contributed by atoms with van der Waals surface area (Å²) >= 11 is 6.37. The first kappa shape index (κ1) is 24.6. The Morgan fingerprint density at radius 2 is 1.78 bits per heavy atom. The molecule has 1 fully saturated rings. The first-order valence-electron chi connectivity index (χ1n) is 12.2. The van der Waals surface area contributed by atoms with Crippen LogP contribution in [0.25, 0.3) is 11.3 Å². The highest BCUT2D eigenvalue weighted by atomic mass is 35.5. The van der Waals surface area contributed by atoms with Gasteiger partial charge in [0.15, 0.2) is 0 Å². The number of amides is 1. The van der Waals surface area contributed by atoms with Crippen molar-refractivity contribution in [1.29, 1.82) is 0 Å². The Balaban J connectivity index is 1.55. The van der Waals surface area contributed by atoms with Crippen molar-refractivity contribution in [2.24, 2.45) is 7.05 Å². The average molecular weight is 508 g/mol. The zero-order valence-corrected chi connectivity index (χ0v) is 21.3. The van der Waals surface area contributed by atoms with E-state index in [4.69, 9.17) is 16.3 Å². The molecule has 5 rings (SSSR count). The van der Waals surface area contributed by atoms with E-state index in [1.807, 2.05) is 22.6 Å². The second-order valence-corrected chi connectivity index (χ2v) is 9.99. The lowest BCUT2D eigenvalue weighted by Crippen LogP contribution is -2.52. The number of hydrogen-bond donors (Lipinski definition) is 1. The van der Waals surface area contributed by atoms with Gasteiger partial charge in [0.25, 0.3) is 5.91 Å². The molecule has 2 aliphatic heterocycles. The molecule has 8 heteroatoms. The van der Waals surface area contributed by atoms with Crippen LogP contribution in [0.3, 0.4) is 0 Å². The standard InChI is InChI=1S/C28H30ClN3O4/c1-18-24(28(34)35)15-26(30(18)2)25-14-21(29)7-8-23(25)27(33)32-16-20-6-4-3-5-19(20)13-22(32)17-31-9-11-36-12-10-31/h3-8,14-15,22H,9-13,16-17H2,1-2H3,(H,34,35). The van der Waals surface area contributed by atoms with Crippen molar-refractivity contribution in [3.05, 3.63) is 81.5 Å². The Morgan fingerprint density at radius 1 is 1.06 bits per heavy atom. The van der Waals surface area contributed by atoms with Gasteiger partial charge in [0.05, 0.1) is 18.8 Å². The SMILES string of the molecule is Cc1c(C(=O)O)cc(-c2cc(Cl)ccc2C(=O)N2Cc3ccccc3CC2CN2CCOCC2)n1C. The number of rotatable bonds is 5. The highest BCUT2D eigenvalue weighted by Gasteiger charge is 2.33. The van der Waals surface area contributed by atoms with Crippen molar-refractivity contribution in [3.8, 4) is 11.3 Å². The third-order valence-corrected chi connectivity index (χ3v) is 7.68. The number of nitrogens with zero attached hydrogens (tertiary/aromatic N) is 3. The normalized spacial score (nSPS) is 18.2. The van der Waals surface area contributed by atoms with Crippen LogP contribution in [0.15, 0.2) is 48.5 Å². The number of carbonyl (C=O) groups excluding carboxylic acids is 1. The second-order valence-electron chi connectivity index (χ2n) is 9.56. The zero-order valence-electron chi connectivity index (χ0n) is 20.5. The van der Waals surface area contributed by atoms with Crippen LogP contribution < -0.4 is 0 Å². The highest BCUT2D eigenvalue weighted by molar-refractivity contribution is 6.31. The molecule has 0 saturated carbocycles. The van der Waals surface area contributed by atoms with Crippen LogP contribution >= 0.6 is 11.6 Å². The van der Waals surface area contributed by atoms with Gasteiger partial charge < -0.3 is 19.3 Å². The maximum absolute atomic E-state index is 14.2. The summed E-state index contributed by atoms with van der Waals surface area (Å²) in [6.45, 7) is 6.19. The van der Waals surface area contributed by atoms with Crippen LogP contribution in [0.1, 0.15) is 37.5 Å². The fraction of sp³-hybridized carbons (Fsp3) is 0.357. The van der Waals surface area contributed by atoms with Crippen LogP contribution in [-0.2, 0) is 24.8 Å². The molecule has 0 aliphatic carbocycles. The lowest BCUT2D eigenvalue weighted by molar-refractivity contribution is 0.0193.